The topological polar surface area (TPSA) is 111 Å². The molecule has 29 heavy (non-hydrogen) atoms. The maximum Gasteiger partial charge on any atom is 0.341 e. The molecule has 1 aliphatic carbocycles. The molecule has 1 heterocycles. The van der Waals surface area contributed by atoms with E-state index in [0.717, 1.165) is 42.2 Å². The number of amides is 1. The normalized spacial score (nSPS) is 12.6. The summed E-state index contributed by atoms with van der Waals surface area (Å²) in [6.45, 7) is 0. The van der Waals surface area contributed by atoms with Crippen molar-refractivity contribution in [3.63, 3.8) is 0 Å². The molecule has 1 aromatic heterocycles. The van der Waals surface area contributed by atoms with E-state index in [1.807, 2.05) is 0 Å². The predicted molar refractivity (Wildman–Crippen MR) is 114 cm³/mol. The third-order valence-electron chi connectivity index (χ3n) is 4.42. The van der Waals surface area contributed by atoms with Crippen molar-refractivity contribution >= 4 is 62.8 Å². The molecule has 0 bridgehead atoms. The quantitative estimate of drug-likeness (QED) is 0.310. The predicted octanol–water partition coefficient (Wildman–Crippen LogP) is 4.10. The minimum Gasteiger partial charge on any atom is -0.465 e. The number of nitro groups is 1. The summed E-state index contributed by atoms with van der Waals surface area (Å²) >= 11 is 12.4. The Morgan fingerprint density at radius 1 is 1.31 bits per heavy atom. The average Bonchev–Trinajstić information content (AvgIpc) is 3.04. The number of aryl methyl sites for hydroxylation is 1. The van der Waals surface area contributed by atoms with Crippen LogP contribution in [0.5, 0.6) is 0 Å². The summed E-state index contributed by atoms with van der Waals surface area (Å²) in [6, 6.07) is 3.70. The van der Waals surface area contributed by atoms with E-state index in [1.54, 1.807) is 0 Å². The van der Waals surface area contributed by atoms with Crippen LogP contribution in [0.15, 0.2) is 18.2 Å². The number of methoxy groups -OCH3 is 1. The zero-order chi connectivity index (χ0) is 21.1. The van der Waals surface area contributed by atoms with Gasteiger partial charge >= 0.3 is 5.97 Å². The van der Waals surface area contributed by atoms with Gasteiger partial charge in [0.25, 0.3) is 11.6 Å². The first-order chi connectivity index (χ1) is 13.8. The molecule has 0 saturated heterocycles. The number of esters is 1. The third kappa shape index (κ3) is 4.55. The number of carbonyl (C=O) groups is 2. The Balaban J connectivity index is 1.78. The van der Waals surface area contributed by atoms with Crippen molar-refractivity contribution in [3.05, 3.63) is 54.9 Å². The maximum absolute atomic E-state index is 12.4. The summed E-state index contributed by atoms with van der Waals surface area (Å²) < 4.78 is 4.90. The lowest BCUT2D eigenvalue weighted by atomic mass is 9.95. The molecule has 152 valence electrons. The Labute approximate surface area is 180 Å². The second-order valence-corrected chi connectivity index (χ2v) is 8.16. The highest BCUT2D eigenvalue weighted by molar-refractivity contribution is 7.80. The summed E-state index contributed by atoms with van der Waals surface area (Å²) in [5.74, 6) is -1.10. The zero-order valence-corrected chi connectivity index (χ0v) is 17.6. The van der Waals surface area contributed by atoms with Crippen molar-refractivity contribution < 1.29 is 19.2 Å². The minimum atomic E-state index is -0.672. The summed E-state index contributed by atoms with van der Waals surface area (Å²) in [4.78, 5) is 36.1. The van der Waals surface area contributed by atoms with Crippen molar-refractivity contribution in [2.75, 3.05) is 12.4 Å². The molecule has 0 radical (unpaired) electrons. The van der Waals surface area contributed by atoms with Crippen molar-refractivity contribution in [1.29, 1.82) is 0 Å². The molecule has 0 atom stereocenters. The van der Waals surface area contributed by atoms with E-state index in [-0.39, 0.29) is 21.4 Å². The van der Waals surface area contributed by atoms with Crippen LogP contribution in [0.2, 0.25) is 5.02 Å². The van der Waals surface area contributed by atoms with Gasteiger partial charge in [0.05, 0.1) is 17.6 Å². The minimum absolute atomic E-state index is 0.0312. The third-order valence-corrected chi connectivity index (χ3v) is 6.15. The molecule has 0 unspecified atom stereocenters. The highest BCUT2D eigenvalue weighted by atomic mass is 35.5. The smallest absolute Gasteiger partial charge is 0.341 e. The van der Waals surface area contributed by atoms with E-state index < -0.39 is 16.8 Å². The number of benzene rings is 1. The van der Waals surface area contributed by atoms with Crippen LogP contribution in [0.4, 0.5) is 10.7 Å². The highest BCUT2D eigenvalue weighted by Crippen LogP contribution is 2.38. The Morgan fingerprint density at radius 3 is 2.72 bits per heavy atom. The van der Waals surface area contributed by atoms with Gasteiger partial charge < -0.3 is 10.1 Å². The van der Waals surface area contributed by atoms with Crippen molar-refractivity contribution in [3.8, 4) is 0 Å². The molecule has 1 amide bonds. The molecule has 1 aromatic carbocycles. The standard InChI is InChI=1S/C18H16ClN3O5S2/c1-27-17(24)14-10-4-2-3-5-13(10)29-16(14)21-18(28)20-15(23)9-6-7-11(19)12(8-9)22(25)26/h6-8H,2-5H2,1H3,(H2,20,21,23,28). The van der Waals surface area contributed by atoms with Gasteiger partial charge in [0.2, 0.25) is 0 Å². The van der Waals surface area contributed by atoms with Gasteiger partial charge in [0, 0.05) is 16.5 Å². The van der Waals surface area contributed by atoms with E-state index in [0.29, 0.717) is 10.6 Å². The summed E-state index contributed by atoms with van der Waals surface area (Å²) in [6.07, 6.45) is 3.69. The van der Waals surface area contributed by atoms with E-state index in [4.69, 9.17) is 28.6 Å². The van der Waals surface area contributed by atoms with Crippen LogP contribution in [0.25, 0.3) is 0 Å². The molecule has 0 aliphatic heterocycles. The molecule has 0 fully saturated rings. The maximum atomic E-state index is 12.4. The molecule has 0 saturated carbocycles. The number of halogens is 1. The number of hydrogen-bond donors (Lipinski definition) is 2. The second kappa shape index (κ2) is 8.85. The number of nitrogens with one attached hydrogen (secondary N) is 2. The SMILES string of the molecule is COC(=O)c1c(NC(=S)NC(=O)c2ccc(Cl)c([N+](=O)[O-])c2)sc2c1CCCC2. The fraction of sp³-hybridized carbons (Fsp3) is 0.278. The number of nitrogens with zero attached hydrogens (tertiary/aromatic N) is 1. The molecule has 11 heteroatoms. The van der Waals surface area contributed by atoms with Gasteiger partial charge in [-0.2, -0.15) is 0 Å². The number of fused-ring (bicyclic) bond motifs is 1. The van der Waals surface area contributed by atoms with Crippen LogP contribution in [0.1, 0.15) is 44.0 Å². The van der Waals surface area contributed by atoms with E-state index in [9.17, 15) is 19.7 Å². The first kappa shape index (κ1) is 21.2. The van der Waals surface area contributed by atoms with E-state index in [1.165, 1.54) is 30.6 Å². The van der Waals surface area contributed by atoms with Crippen LogP contribution in [-0.4, -0.2) is 29.0 Å². The second-order valence-electron chi connectivity index (χ2n) is 6.24. The number of anilines is 1. The highest BCUT2D eigenvalue weighted by Gasteiger charge is 2.27. The molecule has 0 spiro atoms. The van der Waals surface area contributed by atoms with Crippen molar-refractivity contribution in [2.45, 2.75) is 25.7 Å². The van der Waals surface area contributed by atoms with Gasteiger partial charge in [-0.25, -0.2) is 4.79 Å². The van der Waals surface area contributed by atoms with Gasteiger partial charge in [-0.15, -0.1) is 11.3 Å². The lowest BCUT2D eigenvalue weighted by Gasteiger charge is -2.12. The Hall–Kier alpha value is -2.56. The van der Waals surface area contributed by atoms with Crippen LogP contribution in [0, 0.1) is 10.1 Å². The monoisotopic (exact) mass is 453 g/mol. The number of thiocarbonyl (C=S) groups is 1. The fourth-order valence-corrected chi connectivity index (χ4v) is 4.80. The molecule has 2 N–H and O–H groups in total. The van der Waals surface area contributed by atoms with Crippen molar-refractivity contribution in [2.24, 2.45) is 0 Å². The number of rotatable bonds is 4. The van der Waals surface area contributed by atoms with E-state index >= 15 is 0 Å². The summed E-state index contributed by atoms with van der Waals surface area (Å²) in [5.41, 5.74) is 1.05. The molecule has 3 rings (SSSR count). The molecule has 2 aromatic rings. The van der Waals surface area contributed by atoms with Gasteiger partial charge in [-0.1, -0.05) is 11.6 Å². The van der Waals surface area contributed by atoms with E-state index in [2.05, 4.69) is 10.6 Å². The first-order valence-electron chi connectivity index (χ1n) is 8.61. The van der Waals surface area contributed by atoms with Gasteiger partial charge in [0.15, 0.2) is 5.11 Å². The van der Waals surface area contributed by atoms with Crippen LogP contribution in [-0.2, 0) is 17.6 Å². The van der Waals surface area contributed by atoms with Gasteiger partial charge in [0.1, 0.15) is 10.0 Å². The van der Waals surface area contributed by atoms with Gasteiger partial charge in [-0.3, -0.25) is 20.2 Å². The van der Waals surface area contributed by atoms with Crippen LogP contribution >= 0.6 is 35.2 Å². The largest absolute Gasteiger partial charge is 0.465 e. The number of hydrogen-bond acceptors (Lipinski definition) is 7. The van der Waals surface area contributed by atoms with Gasteiger partial charge in [-0.05, 0) is 55.6 Å². The molecule has 8 nitrogen and oxygen atoms in total. The number of nitro benzene ring substituents is 1. The first-order valence-corrected chi connectivity index (χ1v) is 10.2. The van der Waals surface area contributed by atoms with Crippen molar-refractivity contribution in [1.82, 2.24) is 5.32 Å². The Bertz CT molecular complexity index is 1020. The molecular formula is C18H16ClN3O5S2. The Morgan fingerprint density at radius 2 is 2.03 bits per heavy atom. The van der Waals surface area contributed by atoms with Crippen LogP contribution < -0.4 is 10.6 Å². The number of thiophene rings is 1. The summed E-state index contributed by atoms with van der Waals surface area (Å²) in [7, 11) is 1.31. The lowest BCUT2D eigenvalue weighted by molar-refractivity contribution is -0.384. The number of ether oxygens (including phenoxy) is 1. The Kier molecular flexibility index (Phi) is 6.46. The molecule has 1 aliphatic rings. The summed E-state index contributed by atoms with van der Waals surface area (Å²) in [5, 5.41) is 16.8. The zero-order valence-electron chi connectivity index (χ0n) is 15.2. The van der Waals surface area contributed by atoms with Crippen LogP contribution in [0.3, 0.4) is 0 Å². The molecular weight excluding hydrogens is 438 g/mol. The average molecular weight is 454 g/mol. The number of carbonyl (C=O) groups excluding carboxylic acids is 2. The fourth-order valence-electron chi connectivity index (χ4n) is 3.08. The lowest BCUT2D eigenvalue weighted by Crippen LogP contribution is -2.34.